The fraction of sp³-hybridized carbons (Fsp3) is 0.250. The van der Waals surface area contributed by atoms with Crippen LogP contribution in [0.2, 0.25) is 0 Å². The van der Waals surface area contributed by atoms with Crippen LogP contribution in [0.3, 0.4) is 0 Å². The standard InChI is InChI=1S/C12H9F3O3S/c1-5-8(10(16)11(17)18)9-6(12(13,14)15)3-2-4-7(9)19-5/h2-4,10,16H,1H3,(H,17,18). The van der Waals surface area contributed by atoms with Crippen molar-refractivity contribution in [3.8, 4) is 0 Å². The predicted molar refractivity (Wildman–Crippen MR) is 64.2 cm³/mol. The Balaban J connectivity index is 2.84. The van der Waals surface area contributed by atoms with Crippen LogP contribution < -0.4 is 0 Å². The zero-order valence-corrected chi connectivity index (χ0v) is 10.5. The Morgan fingerprint density at radius 2 is 2.00 bits per heavy atom. The first-order chi connectivity index (χ1) is 8.73. The molecule has 102 valence electrons. The van der Waals surface area contributed by atoms with Gasteiger partial charge in [0, 0.05) is 20.5 Å². The second-order valence-corrected chi connectivity index (χ2v) is 5.25. The molecule has 0 saturated carbocycles. The van der Waals surface area contributed by atoms with Crippen molar-refractivity contribution < 1.29 is 28.2 Å². The largest absolute Gasteiger partial charge is 0.479 e. The van der Waals surface area contributed by atoms with Crippen molar-refractivity contribution in [2.75, 3.05) is 0 Å². The van der Waals surface area contributed by atoms with Gasteiger partial charge >= 0.3 is 12.1 Å². The van der Waals surface area contributed by atoms with E-state index in [1.807, 2.05) is 0 Å². The van der Waals surface area contributed by atoms with Gasteiger partial charge in [-0.05, 0) is 19.1 Å². The van der Waals surface area contributed by atoms with Gasteiger partial charge < -0.3 is 10.2 Å². The van der Waals surface area contributed by atoms with Gasteiger partial charge in [-0.2, -0.15) is 13.2 Å². The van der Waals surface area contributed by atoms with E-state index in [-0.39, 0.29) is 10.9 Å². The van der Waals surface area contributed by atoms with Gasteiger partial charge in [0.25, 0.3) is 0 Å². The lowest BCUT2D eigenvalue weighted by Crippen LogP contribution is -2.13. The summed E-state index contributed by atoms with van der Waals surface area (Å²) in [7, 11) is 0. The summed E-state index contributed by atoms with van der Waals surface area (Å²) in [5, 5.41) is 18.2. The Labute approximate surface area is 109 Å². The van der Waals surface area contributed by atoms with Crippen molar-refractivity contribution in [1.82, 2.24) is 0 Å². The van der Waals surface area contributed by atoms with E-state index in [1.54, 1.807) is 0 Å². The summed E-state index contributed by atoms with van der Waals surface area (Å²) in [4.78, 5) is 11.2. The molecule has 1 atom stereocenters. The zero-order chi connectivity index (χ0) is 14.4. The highest BCUT2D eigenvalue weighted by atomic mass is 32.1. The number of carboxylic acids is 1. The summed E-state index contributed by atoms with van der Waals surface area (Å²) < 4.78 is 39.1. The lowest BCUT2D eigenvalue weighted by Gasteiger charge is -2.12. The fourth-order valence-corrected chi connectivity index (χ4v) is 3.10. The number of aryl methyl sites for hydroxylation is 1. The number of hydrogen-bond acceptors (Lipinski definition) is 3. The summed E-state index contributed by atoms with van der Waals surface area (Å²) in [5.74, 6) is -1.57. The van der Waals surface area contributed by atoms with Crippen molar-refractivity contribution in [2.24, 2.45) is 0 Å². The van der Waals surface area contributed by atoms with E-state index in [0.29, 0.717) is 9.58 Å². The molecule has 3 nitrogen and oxygen atoms in total. The average molecular weight is 290 g/mol. The maximum Gasteiger partial charge on any atom is 0.417 e. The molecule has 0 radical (unpaired) electrons. The monoisotopic (exact) mass is 290 g/mol. The number of halogens is 3. The Bertz CT molecular complexity index is 645. The van der Waals surface area contributed by atoms with E-state index in [4.69, 9.17) is 5.11 Å². The van der Waals surface area contributed by atoms with Crippen LogP contribution in [0, 0.1) is 6.92 Å². The third-order valence-electron chi connectivity index (χ3n) is 2.75. The number of carbonyl (C=O) groups is 1. The number of aliphatic hydroxyl groups excluding tert-OH is 1. The number of rotatable bonds is 2. The normalized spacial score (nSPS) is 13.7. The lowest BCUT2D eigenvalue weighted by molar-refractivity contribution is -0.147. The summed E-state index contributed by atoms with van der Waals surface area (Å²) in [6.45, 7) is 1.49. The fourth-order valence-electron chi connectivity index (χ4n) is 1.98. The predicted octanol–water partition coefficient (Wildman–Crippen LogP) is 3.35. The number of alkyl halides is 3. The molecule has 0 spiro atoms. The van der Waals surface area contributed by atoms with Crippen molar-refractivity contribution in [1.29, 1.82) is 0 Å². The Hall–Kier alpha value is -1.60. The maximum absolute atomic E-state index is 12.9. The van der Waals surface area contributed by atoms with E-state index in [0.717, 1.165) is 17.4 Å². The van der Waals surface area contributed by atoms with Crippen molar-refractivity contribution in [3.63, 3.8) is 0 Å². The summed E-state index contributed by atoms with van der Waals surface area (Å²) >= 11 is 1.03. The summed E-state index contributed by atoms with van der Waals surface area (Å²) in [6.07, 6.45) is -6.56. The molecule has 0 aliphatic rings. The van der Waals surface area contributed by atoms with Crippen molar-refractivity contribution >= 4 is 27.4 Å². The van der Waals surface area contributed by atoms with Crippen LogP contribution in [0.1, 0.15) is 22.1 Å². The second kappa shape index (κ2) is 4.50. The molecule has 0 amide bonds. The molecule has 0 aliphatic carbocycles. The van der Waals surface area contributed by atoms with Gasteiger partial charge in [-0.1, -0.05) is 6.07 Å². The summed E-state index contributed by atoms with van der Waals surface area (Å²) in [6, 6.07) is 3.62. The van der Waals surface area contributed by atoms with Crippen LogP contribution in [0.4, 0.5) is 13.2 Å². The van der Waals surface area contributed by atoms with Gasteiger partial charge in [-0.25, -0.2) is 4.79 Å². The topological polar surface area (TPSA) is 57.5 Å². The van der Waals surface area contributed by atoms with E-state index in [2.05, 4.69) is 0 Å². The van der Waals surface area contributed by atoms with Gasteiger partial charge in [0.05, 0.1) is 5.56 Å². The zero-order valence-electron chi connectivity index (χ0n) is 9.65. The molecule has 2 rings (SSSR count). The van der Waals surface area contributed by atoms with Gasteiger partial charge in [0.15, 0.2) is 6.10 Å². The average Bonchev–Trinajstić information content (AvgIpc) is 2.62. The molecular formula is C12H9F3O3S. The second-order valence-electron chi connectivity index (χ2n) is 3.99. The first kappa shape index (κ1) is 13.8. The minimum absolute atomic E-state index is 0.180. The molecule has 1 aromatic heterocycles. The Morgan fingerprint density at radius 3 is 2.53 bits per heavy atom. The van der Waals surface area contributed by atoms with Gasteiger partial charge in [0.1, 0.15) is 0 Å². The number of fused-ring (bicyclic) bond motifs is 1. The molecule has 2 aromatic rings. The van der Waals surface area contributed by atoms with Crippen LogP contribution in [0.5, 0.6) is 0 Å². The highest BCUT2D eigenvalue weighted by Crippen LogP contribution is 2.42. The van der Waals surface area contributed by atoms with Crippen LogP contribution in [-0.4, -0.2) is 16.2 Å². The Kier molecular flexibility index (Phi) is 3.27. The number of benzene rings is 1. The smallest absolute Gasteiger partial charge is 0.417 e. The minimum atomic E-state index is -4.60. The maximum atomic E-state index is 12.9. The number of carboxylic acid groups (broad SMARTS) is 1. The molecule has 19 heavy (non-hydrogen) atoms. The lowest BCUT2D eigenvalue weighted by atomic mass is 10.0. The molecular weight excluding hydrogens is 281 g/mol. The van der Waals surface area contributed by atoms with E-state index in [1.165, 1.54) is 19.1 Å². The van der Waals surface area contributed by atoms with Gasteiger partial charge in [-0.3, -0.25) is 0 Å². The van der Waals surface area contributed by atoms with Crippen LogP contribution in [0.25, 0.3) is 10.1 Å². The summed E-state index contributed by atoms with van der Waals surface area (Å²) in [5.41, 5.74) is -1.11. The number of aliphatic hydroxyl groups is 1. The van der Waals surface area contributed by atoms with Gasteiger partial charge in [-0.15, -0.1) is 11.3 Å². The van der Waals surface area contributed by atoms with Crippen LogP contribution >= 0.6 is 11.3 Å². The number of thiophene rings is 1. The number of aliphatic carboxylic acids is 1. The molecule has 0 fully saturated rings. The van der Waals surface area contributed by atoms with Crippen molar-refractivity contribution in [3.05, 3.63) is 34.2 Å². The number of hydrogen-bond donors (Lipinski definition) is 2. The van der Waals surface area contributed by atoms with Crippen LogP contribution in [-0.2, 0) is 11.0 Å². The molecule has 1 heterocycles. The molecule has 0 bridgehead atoms. The Morgan fingerprint density at radius 1 is 1.37 bits per heavy atom. The van der Waals surface area contributed by atoms with Crippen molar-refractivity contribution in [2.45, 2.75) is 19.2 Å². The molecule has 1 unspecified atom stereocenters. The third kappa shape index (κ3) is 2.31. The van der Waals surface area contributed by atoms with Crippen LogP contribution in [0.15, 0.2) is 18.2 Å². The quantitative estimate of drug-likeness (QED) is 0.891. The molecule has 2 N–H and O–H groups in total. The van der Waals surface area contributed by atoms with E-state index < -0.39 is 23.8 Å². The first-order valence-corrected chi connectivity index (χ1v) is 6.05. The molecule has 7 heteroatoms. The third-order valence-corrected chi connectivity index (χ3v) is 3.84. The molecule has 0 saturated heterocycles. The minimum Gasteiger partial charge on any atom is -0.479 e. The SMILES string of the molecule is Cc1sc2cccc(C(F)(F)F)c2c1C(O)C(=O)O. The molecule has 1 aromatic carbocycles. The van der Waals surface area contributed by atoms with Gasteiger partial charge in [0.2, 0.25) is 0 Å². The van der Waals surface area contributed by atoms with E-state index in [9.17, 15) is 23.1 Å². The first-order valence-electron chi connectivity index (χ1n) is 5.23. The highest BCUT2D eigenvalue weighted by Gasteiger charge is 2.36. The molecule has 0 aliphatic heterocycles. The van der Waals surface area contributed by atoms with E-state index >= 15 is 0 Å². The highest BCUT2D eigenvalue weighted by molar-refractivity contribution is 7.19.